The van der Waals surface area contributed by atoms with Gasteiger partial charge in [0.25, 0.3) is 5.91 Å². The summed E-state index contributed by atoms with van der Waals surface area (Å²) in [4.78, 5) is 15.0. The third-order valence-electron chi connectivity index (χ3n) is 5.44. The van der Waals surface area contributed by atoms with Gasteiger partial charge in [-0.05, 0) is 49.7 Å². The van der Waals surface area contributed by atoms with Crippen LogP contribution in [0, 0.1) is 0 Å². The van der Waals surface area contributed by atoms with Crippen molar-refractivity contribution in [2.24, 2.45) is 12.8 Å². The highest BCUT2D eigenvalue weighted by Gasteiger charge is 2.36. The summed E-state index contributed by atoms with van der Waals surface area (Å²) in [5, 5.41) is 0. The SMILES string of the molecule is COCCCc1cn(C)c2c1/C=C/CN(C1CC1)C(=O)[C@H](OCCN)CC2. The van der Waals surface area contributed by atoms with Crippen LogP contribution in [0.2, 0.25) is 0 Å². The Morgan fingerprint density at radius 1 is 1.26 bits per heavy atom. The topological polar surface area (TPSA) is 69.7 Å². The molecule has 3 rings (SSSR count). The number of ether oxygens (including phenoxy) is 2. The van der Waals surface area contributed by atoms with E-state index in [1.807, 2.05) is 4.90 Å². The van der Waals surface area contributed by atoms with Gasteiger partial charge in [0.1, 0.15) is 6.10 Å². The highest BCUT2D eigenvalue weighted by molar-refractivity contribution is 5.82. The van der Waals surface area contributed by atoms with E-state index in [1.165, 1.54) is 16.8 Å². The number of fused-ring (bicyclic) bond motifs is 1. The first-order valence-corrected chi connectivity index (χ1v) is 10.1. The maximum absolute atomic E-state index is 13.0. The molecule has 6 heteroatoms. The zero-order valence-electron chi connectivity index (χ0n) is 16.7. The largest absolute Gasteiger partial charge is 0.385 e. The van der Waals surface area contributed by atoms with Crippen molar-refractivity contribution < 1.29 is 14.3 Å². The first-order chi connectivity index (χ1) is 13.2. The number of aryl methyl sites for hydroxylation is 2. The third kappa shape index (κ3) is 5.00. The molecule has 0 saturated heterocycles. The predicted molar refractivity (Wildman–Crippen MR) is 106 cm³/mol. The fraction of sp³-hybridized carbons (Fsp3) is 0.667. The van der Waals surface area contributed by atoms with E-state index in [1.54, 1.807) is 7.11 Å². The van der Waals surface area contributed by atoms with Crippen LogP contribution in [0.3, 0.4) is 0 Å². The van der Waals surface area contributed by atoms with Crippen LogP contribution in [0.15, 0.2) is 12.3 Å². The Morgan fingerprint density at radius 2 is 2.07 bits per heavy atom. The van der Waals surface area contributed by atoms with Crippen LogP contribution in [-0.4, -0.2) is 60.9 Å². The van der Waals surface area contributed by atoms with Crippen molar-refractivity contribution in [1.82, 2.24) is 9.47 Å². The zero-order chi connectivity index (χ0) is 19.2. The van der Waals surface area contributed by atoms with Gasteiger partial charge < -0.3 is 24.7 Å². The number of aromatic nitrogens is 1. The monoisotopic (exact) mass is 375 g/mol. The number of carbonyl (C=O) groups is 1. The molecule has 0 spiro atoms. The molecule has 2 heterocycles. The van der Waals surface area contributed by atoms with Crippen molar-refractivity contribution in [3.8, 4) is 0 Å². The number of hydrogen-bond donors (Lipinski definition) is 1. The quantitative estimate of drug-likeness (QED) is 0.705. The lowest BCUT2D eigenvalue weighted by molar-refractivity contribution is -0.144. The van der Waals surface area contributed by atoms with Gasteiger partial charge in [-0.1, -0.05) is 12.2 Å². The Labute approximate surface area is 162 Å². The number of carbonyl (C=O) groups excluding carboxylic acids is 1. The lowest BCUT2D eigenvalue weighted by Gasteiger charge is -2.27. The zero-order valence-corrected chi connectivity index (χ0v) is 16.7. The average molecular weight is 376 g/mol. The minimum absolute atomic E-state index is 0.119. The Bertz CT molecular complexity index is 664. The number of hydrogen-bond acceptors (Lipinski definition) is 4. The third-order valence-corrected chi connectivity index (χ3v) is 5.44. The molecular weight excluding hydrogens is 342 g/mol. The van der Waals surface area contributed by atoms with E-state index >= 15 is 0 Å². The molecule has 1 aromatic heterocycles. The number of nitrogens with zero attached hydrogens (tertiary/aromatic N) is 2. The molecular formula is C21H33N3O3. The maximum atomic E-state index is 13.0. The molecule has 1 aliphatic carbocycles. The van der Waals surface area contributed by atoms with Crippen molar-refractivity contribution in [1.29, 1.82) is 0 Å². The molecule has 27 heavy (non-hydrogen) atoms. The molecule has 1 atom stereocenters. The van der Waals surface area contributed by atoms with Crippen LogP contribution in [0.4, 0.5) is 0 Å². The molecule has 1 aromatic rings. The number of methoxy groups -OCH3 is 1. The summed E-state index contributed by atoms with van der Waals surface area (Å²) < 4.78 is 13.3. The van der Waals surface area contributed by atoms with E-state index in [2.05, 4.69) is 30.0 Å². The molecule has 1 saturated carbocycles. The second kappa shape index (κ2) is 9.53. The standard InChI is InChI=1S/C21H33N3O3/c1-23-15-16(5-4-13-26-2)18-6-3-12-24(17-7-8-17)21(25)20(27-14-11-22)10-9-19(18)23/h3,6,15,17,20H,4-5,7-14,22H2,1-2H3/b6-3+/t20-/m1/s1. The fourth-order valence-corrected chi connectivity index (χ4v) is 3.91. The van der Waals surface area contributed by atoms with E-state index in [0.29, 0.717) is 32.2 Å². The van der Waals surface area contributed by atoms with Crippen molar-refractivity contribution in [2.45, 2.75) is 50.7 Å². The Balaban J connectivity index is 1.84. The summed E-state index contributed by atoms with van der Waals surface area (Å²) in [5.74, 6) is 0.119. The van der Waals surface area contributed by atoms with E-state index < -0.39 is 6.10 Å². The summed E-state index contributed by atoms with van der Waals surface area (Å²) >= 11 is 0. The normalized spacial score (nSPS) is 22.0. The maximum Gasteiger partial charge on any atom is 0.252 e. The van der Waals surface area contributed by atoms with Gasteiger partial charge in [-0.25, -0.2) is 0 Å². The van der Waals surface area contributed by atoms with Crippen LogP contribution in [0.25, 0.3) is 6.08 Å². The number of rotatable bonds is 8. The van der Waals surface area contributed by atoms with E-state index in [-0.39, 0.29) is 5.91 Å². The molecule has 1 fully saturated rings. The van der Waals surface area contributed by atoms with E-state index in [4.69, 9.17) is 15.2 Å². The molecule has 150 valence electrons. The molecule has 0 aromatic carbocycles. The molecule has 1 aliphatic heterocycles. The smallest absolute Gasteiger partial charge is 0.252 e. The van der Waals surface area contributed by atoms with E-state index in [0.717, 1.165) is 38.7 Å². The number of nitrogens with two attached hydrogens (primary N) is 1. The second-order valence-electron chi connectivity index (χ2n) is 7.53. The summed E-state index contributed by atoms with van der Waals surface area (Å²) in [7, 11) is 3.83. The minimum atomic E-state index is -0.402. The molecule has 2 aliphatic rings. The Kier molecular flexibility index (Phi) is 7.10. The van der Waals surface area contributed by atoms with Gasteiger partial charge in [0.2, 0.25) is 0 Å². The average Bonchev–Trinajstić information content (AvgIpc) is 3.45. The van der Waals surface area contributed by atoms with Crippen LogP contribution < -0.4 is 5.73 Å². The molecule has 0 bridgehead atoms. The summed E-state index contributed by atoms with van der Waals surface area (Å²) in [5.41, 5.74) is 9.54. The van der Waals surface area contributed by atoms with Crippen LogP contribution >= 0.6 is 0 Å². The molecule has 6 nitrogen and oxygen atoms in total. The van der Waals surface area contributed by atoms with Crippen LogP contribution in [0.1, 0.15) is 42.5 Å². The Hall–Kier alpha value is -1.63. The lowest BCUT2D eigenvalue weighted by Crippen LogP contribution is -2.43. The second-order valence-corrected chi connectivity index (χ2v) is 7.53. The van der Waals surface area contributed by atoms with Gasteiger partial charge in [0, 0.05) is 51.8 Å². The van der Waals surface area contributed by atoms with Gasteiger partial charge in [-0.3, -0.25) is 4.79 Å². The number of amides is 1. The first-order valence-electron chi connectivity index (χ1n) is 10.1. The predicted octanol–water partition coefficient (Wildman–Crippen LogP) is 1.90. The van der Waals surface area contributed by atoms with Crippen molar-refractivity contribution >= 4 is 12.0 Å². The van der Waals surface area contributed by atoms with Gasteiger partial charge >= 0.3 is 0 Å². The highest BCUT2D eigenvalue weighted by Crippen LogP contribution is 2.30. The van der Waals surface area contributed by atoms with Gasteiger partial charge in [-0.15, -0.1) is 0 Å². The van der Waals surface area contributed by atoms with Gasteiger partial charge in [-0.2, -0.15) is 0 Å². The van der Waals surface area contributed by atoms with Crippen molar-refractivity contribution in [3.63, 3.8) is 0 Å². The molecule has 2 N–H and O–H groups in total. The molecule has 0 unspecified atom stereocenters. The highest BCUT2D eigenvalue weighted by atomic mass is 16.5. The molecule has 0 radical (unpaired) electrons. The lowest BCUT2D eigenvalue weighted by atomic mass is 10.0. The summed E-state index contributed by atoms with van der Waals surface area (Å²) in [6.45, 7) is 2.28. The van der Waals surface area contributed by atoms with Crippen LogP contribution in [-0.2, 0) is 34.2 Å². The van der Waals surface area contributed by atoms with Crippen molar-refractivity contribution in [2.75, 3.05) is 33.4 Å². The fourth-order valence-electron chi connectivity index (χ4n) is 3.91. The molecule has 1 amide bonds. The Morgan fingerprint density at radius 3 is 2.78 bits per heavy atom. The summed E-state index contributed by atoms with van der Waals surface area (Å²) in [6, 6.07) is 0.377. The van der Waals surface area contributed by atoms with Crippen molar-refractivity contribution in [3.05, 3.63) is 29.1 Å². The van der Waals surface area contributed by atoms with E-state index in [9.17, 15) is 4.79 Å². The summed E-state index contributed by atoms with van der Waals surface area (Å²) in [6.07, 6.45) is 11.9. The van der Waals surface area contributed by atoms with Gasteiger partial charge in [0.15, 0.2) is 0 Å². The first kappa shape index (κ1) is 20.1. The van der Waals surface area contributed by atoms with Gasteiger partial charge in [0.05, 0.1) is 6.61 Å². The van der Waals surface area contributed by atoms with Crippen LogP contribution in [0.5, 0.6) is 0 Å². The minimum Gasteiger partial charge on any atom is -0.385 e.